The van der Waals surface area contributed by atoms with E-state index in [1.54, 1.807) is 0 Å². The lowest BCUT2D eigenvalue weighted by Crippen LogP contribution is -2.05. The molecule has 1 heteroatoms. The molecule has 1 nitrogen and oxygen atoms in total. The Kier molecular flexibility index (Phi) is 10.9. The first-order chi connectivity index (χ1) is 10.7. The maximum Gasteiger partial charge on any atom is 0.119 e. The predicted octanol–water partition coefficient (Wildman–Crippen LogP) is 6.94. The molecule has 0 atom stereocenters. The Labute approximate surface area is 138 Å². The summed E-state index contributed by atoms with van der Waals surface area (Å²) in [4.78, 5) is 0. The van der Waals surface area contributed by atoms with E-state index >= 15 is 0 Å². The summed E-state index contributed by atoms with van der Waals surface area (Å²) in [6, 6.07) is 8.63. The van der Waals surface area contributed by atoms with E-state index in [1.165, 1.54) is 76.2 Å². The SMILES string of the molecule is CCCCCCCCCCCCc1ccc(OC(C)C)cc1. The average Bonchev–Trinajstić information content (AvgIpc) is 2.50. The highest BCUT2D eigenvalue weighted by Crippen LogP contribution is 2.16. The van der Waals surface area contributed by atoms with Crippen molar-refractivity contribution in [3.05, 3.63) is 29.8 Å². The monoisotopic (exact) mass is 304 g/mol. The number of aryl methyl sites for hydroxylation is 1. The van der Waals surface area contributed by atoms with Crippen LogP contribution in [-0.2, 0) is 6.42 Å². The van der Waals surface area contributed by atoms with Gasteiger partial charge in [0.25, 0.3) is 0 Å². The van der Waals surface area contributed by atoms with Crippen LogP contribution in [0.3, 0.4) is 0 Å². The van der Waals surface area contributed by atoms with Crippen LogP contribution >= 0.6 is 0 Å². The molecule has 0 N–H and O–H groups in total. The van der Waals surface area contributed by atoms with Crippen LogP contribution in [0.25, 0.3) is 0 Å². The largest absolute Gasteiger partial charge is 0.491 e. The van der Waals surface area contributed by atoms with E-state index < -0.39 is 0 Å². The van der Waals surface area contributed by atoms with Crippen LogP contribution in [0.5, 0.6) is 5.75 Å². The fourth-order valence-corrected chi connectivity index (χ4v) is 2.82. The molecule has 0 aliphatic carbocycles. The van der Waals surface area contributed by atoms with Gasteiger partial charge >= 0.3 is 0 Å². The third kappa shape index (κ3) is 9.87. The van der Waals surface area contributed by atoms with E-state index in [4.69, 9.17) is 4.74 Å². The van der Waals surface area contributed by atoms with Crippen LogP contribution in [-0.4, -0.2) is 6.10 Å². The minimum Gasteiger partial charge on any atom is -0.491 e. The highest BCUT2D eigenvalue weighted by atomic mass is 16.5. The van der Waals surface area contributed by atoms with Crippen molar-refractivity contribution in [2.24, 2.45) is 0 Å². The molecule has 0 aliphatic heterocycles. The van der Waals surface area contributed by atoms with Crippen LogP contribution in [0.4, 0.5) is 0 Å². The van der Waals surface area contributed by atoms with Gasteiger partial charge < -0.3 is 4.74 Å². The summed E-state index contributed by atoms with van der Waals surface area (Å²) in [6.07, 6.45) is 15.5. The summed E-state index contributed by atoms with van der Waals surface area (Å²) in [5.41, 5.74) is 1.44. The van der Waals surface area contributed by atoms with Gasteiger partial charge in [-0.3, -0.25) is 0 Å². The first-order valence-corrected chi connectivity index (χ1v) is 9.48. The fraction of sp³-hybridized carbons (Fsp3) is 0.714. The summed E-state index contributed by atoms with van der Waals surface area (Å²) in [5, 5.41) is 0. The molecule has 0 aromatic heterocycles. The van der Waals surface area contributed by atoms with E-state index in [0.29, 0.717) is 0 Å². The zero-order valence-electron chi connectivity index (χ0n) is 15.1. The topological polar surface area (TPSA) is 9.23 Å². The molecule has 0 saturated carbocycles. The van der Waals surface area contributed by atoms with Gasteiger partial charge in [-0.15, -0.1) is 0 Å². The van der Waals surface area contributed by atoms with Crippen molar-refractivity contribution in [1.82, 2.24) is 0 Å². The zero-order chi connectivity index (χ0) is 16.0. The van der Waals surface area contributed by atoms with Gasteiger partial charge in [-0.25, -0.2) is 0 Å². The molecule has 0 heterocycles. The van der Waals surface area contributed by atoms with Gasteiger partial charge in [0.15, 0.2) is 0 Å². The van der Waals surface area contributed by atoms with Crippen molar-refractivity contribution in [1.29, 1.82) is 0 Å². The van der Waals surface area contributed by atoms with Gasteiger partial charge in [0.05, 0.1) is 6.10 Å². The summed E-state index contributed by atoms with van der Waals surface area (Å²) < 4.78 is 5.67. The molecule has 0 radical (unpaired) electrons. The molecule has 1 aromatic rings. The minimum absolute atomic E-state index is 0.257. The molecular formula is C21H36O. The van der Waals surface area contributed by atoms with Gasteiger partial charge in [-0.05, 0) is 44.4 Å². The van der Waals surface area contributed by atoms with E-state index in [0.717, 1.165) is 5.75 Å². The molecule has 0 bridgehead atoms. The minimum atomic E-state index is 0.257. The van der Waals surface area contributed by atoms with E-state index in [-0.39, 0.29) is 6.10 Å². The second kappa shape index (κ2) is 12.6. The number of unbranched alkanes of at least 4 members (excludes halogenated alkanes) is 9. The van der Waals surface area contributed by atoms with E-state index in [9.17, 15) is 0 Å². The lowest BCUT2D eigenvalue weighted by atomic mass is 10.0. The molecule has 1 rings (SSSR count). The second-order valence-electron chi connectivity index (χ2n) is 6.74. The van der Waals surface area contributed by atoms with Crippen LogP contribution in [0.1, 0.15) is 90.5 Å². The van der Waals surface area contributed by atoms with E-state index in [1.807, 2.05) is 0 Å². The molecule has 0 saturated heterocycles. The van der Waals surface area contributed by atoms with Gasteiger partial charge in [-0.1, -0.05) is 76.8 Å². The lowest BCUT2D eigenvalue weighted by Gasteiger charge is -2.10. The molecule has 0 unspecified atom stereocenters. The van der Waals surface area contributed by atoms with E-state index in [2.05, 4.69) is 45.0 Å². The van der Waals surface area contributed by atoms with Gasteiger partial charge in [-0.2, -0.15) is 0 Å². The first-order valence-electron chi connectivity index (χ1n) is 9.48. The lowest BCUT2D eigenvalue weighted by molar-refractivity contribution is 0.242. The molecular weight excluding hydrogens is 268 g/mol. The second-order valence-corrected chi connectivity index (χ2v) is 6.74. The number of hydrogen-bond acceptors (Lipinski definition) is 1. The highest BCUT2D eigenvalue weighted by Gasteiger charge is 1.99. The Bertz CT molecular complexity index is 353. The van der Waals surface area contributed by atoms with Crippen molar-refractivity contribution < 1.29 is 4.74 Å². The maximum atomic E-state index is 5.67. The molecule has 0 aliphatic rings. The Morgan fingerprint density at radius 2 is 1.23 bits per heavy atom. The highest BCUT2D eigenvalue weighted by molar-refractivity contribution is 5.27. The third-order valence-electron chi connectivity index (χ3n) is 4.11. The van der Waals surface area contributed by atoms with Crippen molar-refractivity contribution in [3.63, 3.8) is 0 Å². The number of ether oxygens (including phenoxy) is 1. The smallest absolute Gasteiger partial charge is 0.119 e. The van der Waals surface area contributed by atoms with Gasteiger partial charge in [0.2, 0.25) is 0 Å². The Morgan fingerprint density at radius 3 is 1.73 bits per heavy atom. The summed E-state index contributed by atoms with van der Waals surface area (Å²) in [7, 11) is 0. The van der Waals surface area contributed by atoms with Crippen LogP contribution in [0.15, 0.2) is 24.3 Å². The van der Waals surface area contributed by atoms with Gasteiger partial charge in [0, 0.05) is 0 Å². The van der Waals surface area contributed by atoms with Crippen molar-refractivity contribution in [2.45, 2.75) is 97.5 Å². The number of hydrogen-bond donors (Lipinski definition) is 0. The quantitative estimate of drug-likeness (QED) is 0.359. The van der Waals surface area contributed by atoms with Crippen LogP contribution < -0.4 is 4.74 Å². The molecule has 1 aromatic carbocycles. The average molecular weight is 305 g/mol. The Balaban J connectivity index is 1.98. The first kappa shape index (κ1) is 19.1. The zero-order valence-corrected chi connectivity index (χ0v) is 15.1. The summed E-state index contributed by atoms with van der Waals surface area (Å²) in [5.74, 6) is 0.988. The summed E-state index contributed by atoms with van der Waals surface area (Å²) in [6.45, 7) is 6.42. The fourth-order valence-electron chi connectivity index (χ4n) is 2.82. The Hall–Kier alpha value is -0.980. The normalized spacial score (nSPS) is 11.1. The molecule has 0 spiro atoms. The van der Waals surface area contributed by atoms with Crippen molar-refractivity contribution in [2.75, 3.05) is 0 Å². The molecule has 0 amide bonds. The molecule has 126 valence electrons. The molecule has 0 fully saturated rings. The molecule has 22 heavy (non-hydrogen) atoms. The number of benzene rings is 1. The maximum absolute atomic E-state index is 5.67. The third-order valence-corrected chi connectivity index (χ3v) is 4.11. The Morgan fingerprint density at radius 1 is 0.727 bits per heavy atom. The van der Waals surface area contributed by atoms with Crippen LogP contribution in [0, 0.1) is 0 Å². The number of rotatable bonds is 13. The van der Waals surface area contributed by atoms with Gasteiger partial charge in [0.1, 0.15) is 5.75 Å². The standard InChI is InChI=1S/C21H36O/c1-4-5-6-7-8-9-10-11-12-13-14-20-15-17-21(18-16-20)22-19(2)3/h15-19H,4-14H2,1-3H3. The predicted molar refractivity (Wildman–Crippen MR) is 97.8 cm³/mol. The summed E-state index contributed by atoms with van der Waals surface area (Å²) >= 11 is 0. The van der Waals surface area contributed by atoms with Crippen molar-refractivity contribution >= 4 is 0 Å². The van der Waals surface area contributed by atoms with Crippen molar-refractivity contribution in [3.8, 4) is 5.75 Å². The van der Waals surface area contributed by atoms with Crippen LogP contribution in [0.2, 0.25) is 0 Å².